The molecule has 7 rings (SSSR count). The third-order valence-electron chi connectivity index (χ3n) is 8.78. The molecule has 0 saturated carbocycles. The molecule has 0 fully saturated rings. The number of hydrogen-bond acceptors (Lipinski definition) is 12. The van der Waals surface area contributed by atoms with E-state index in [0.717, 1.165) is 33.4 Å². The summed E-state index contributed by atoms with van der Waals surface area (Å²) < 4.78 is 77.8. The van der Waals surface area contributed by atoms with Crippen LogP contribution in [0.2, 0.25) is 0 Å². The van der Waals surface area contributed by atoms with E-state index >= 15 is 0 Å². The Morgan fingerprint density at radius 3 is 0.694 bits per heavy atom. The molecule has 1 aliphatic heterocycles. The fourth-order valence-electron chi connectivity index (χ4n) is 6.25. The minimum atomic E-state index is -4.31. The standard InChI is InChI=1S/C46H52N4O8P4/c1-9-51-59(52-10-2)47-60(53-41-23-11-17-35(3)29-41,54-42-24-12-18-36(4)30-42)49-62(57-45-27-15-21-39(7)33-45,58-46-28-16-22-40(8)34-46)50-61(48-59,55-43-25-13-19-37(5)31-43)56-44-26-14-20-38(6)32-44/h11-34H,9-10H2,1-8H3. The highest BCUT2D eigenvalue weighted by atomic mass is 31.3. The second-order valence-corrected chi connectivity index (χ2v) is 23.0. The van der Waals surface area contributed by atoms with Gasteiger partial charge in [0.05, 0.1) is 13.2 Å². The number of hydrogen-bond donors (Lipinski definition) is 0. The summed E-state index contributed by atoms with van der Waals surface area (Å²) >= 11 is 0. The van der Waals surface area contributed by atoms with Gasteiger partial charge < -0.3 is 36.2 Å². The summed E-state index contributed by atoms with van der Waals surface area (Å²) in [5.74, 6) is 2.49. The van der Waals surface area contributed by atoms with Gasteiger partial charge in [0.1, 0.15) is 34.5 Å². The van der Waals surface area contributed by atoms with Crippen LogP contribution in [0.1, 0.15) is 47.2 Å². The van der Waals surface area contributed by atoms with Crippen LogP contribution in [0.25, 0.3) is 0 Å². The van der Waals surface area contributed by atoms with Crippen LogP contribution in [-0.2, 0) is 9.05 Å². The molecule has 0 unspecified atom stereocenters. The van der Waals surface area contributed by atoms with Gasteiger partial charge in [-0.1, -0.05) is 81.8 Å². The molecule has 16 heteroatoms. The van der Waals surface area contributed by atoms with Crippen LogP contribution in [0.4, 0.5) is 0 Å². The maximum Gasteiger partial charge on any atom is 0.460 e. The Hall–Kier alpha value is -5.04. The van der Waals surface area contributed by atoms with Gasteiger partial charge in [-0.15, -0.1) is 9.03 Å². The highest BCUT2D eigenvalue weighted by Crippen LogP contribution is 2.79. The van der Waals surface area contributed by atoms with Crippen LogP contribution >= 0.6 is 30.6 Å². The predicted octanol–water partition coefficient (Wildman–Crippen LogP) is 16.2. The number of nitrogens with zero attached hydrogens (tertiary/aromatic N) is 4. The quantitative estimate of drug-likeness (QED) is 0.0880. The van der Waals surface area contributed by atoms with Crippen molar-refractivity contribution in [2.24, 2.45) is 18.1 Å². The lowest BCUT2D eigenvalue weighted by Gasteiger charge is -2.33. The molecule has 62 heavy (non-hydrogen) atoms. The van der Waals surface area contributed by atoms with E-state index in [1.165, 1.54) is 0 Å². The second kappa shape index (κ2) is 19.6. The Morgan fingerprint density at radius 1 is 0.306 bits per heavy atom. The first-order valence-corrected chi connectivity index (χ1v) is 26.3. The first-order valence-electron chi connectivity index (χ1n) is 20.2. The monoisotopic (exact) mass is 912 g/mol. The Balaban J connectivity index is 1.70. The van der Waals surface area contributed by atoms with Gasteiger partial charge >= 0.3 is 30.6 Å². The van der Waals surface area contributed by atoms with Crippen LogP contribution in [0.15, 0.2) is 164 Å². The minimum absolute atomic E-state index is 0.129. The van der Waals surface area contributed by atoms with Crippen LogP contribution < -0.4 is 27.1 Å². The van der Waals surface area contributed by atoms with Gasteiger partial charge in [0.15, 0.2) is 0 Å². The van der Waals surface area contributed by atoms with Crippen LogP contribution in [0.3, 0.4) is 0 Å². The molecular formula is C46H52N4O8P4. The van der Waals surface area contributed by atoms with Gasteiger partial charge in [-0.25, -0.2) is 0 Å². The zero-order valence-electron chi connectivity index (χ0n) is 36.1. The minimum Gasteiger partial charge on any atom is -0.413 e. The Morgan fingerprint density at radius 2 is 0.500 bits per heavy atom. The predicted molar refractivity (Wildman–Crippen MR) is 251 cm³/mol. The van der Waals surface area contributed by atoms with Crippen molar-refractivity contribution in [3.05, 3.63) is 179 Å². The smallest absolute Gasteiger partial charge is 0.413 e. The highest BCUT2D eigenvalue weighted by molar-refractivity contribution is 7.79. The molecule has 0 aliphatic carbocycles. The van der Waals surface area contributed by atoms with Gasteiger partial charge in [-0.05, 0) is 162 Å². The van der Waals surface area contributed by atoms with E-state index in [0.29, 0.717) is 34.5 Å². The summed E-state index contributed by atoms with van der Waals surface area (Å²) in [4.78, 5) is 0. The fourth-order valence-corrected chi connectivity index (χ4v) is 18.4. The normalized spacial score (nSPS) is 15.7. The number of benzene rings is 6. The third kappa shape index (κ3) is 11.7. The van der Waals surface area contributed by atoms with E-state index in [1.54, 1.807) is 0 Å². The molecule has 6 aromatic carbocycles. The number of aryl methyl sites for hydroxylation is 6. The molecular weight excluding hydrogens is 860 g/mol. The Kier molecular flexibility index (Phi) is 14.2. The zero-order chi connectivity index (χ0) is 43.8. The Labute approximate surface area is 365 Å². The molecule has 0 spiro atoms. The molecule has 6 aromatic rings. The van der Waals surface area contributed by atoms with Gasteiger partial charge in [0, 0.05) is 0 Å². The maximum absolute atomic E-state index is 7.15. The molecule has 0 aromatic heterocycles. The Bertz CT molecular complexity index is 2540. The summed E-state index contributed by atoms with van der Waals surface area (Å²) in [6.45, 7) is 15.8. The lowest BCUT2D eigenvalue weighted by molar-refractivity contribution is 0.259. The summed E-state index contributed by atoms with van der Waals surface area (Å²) in [6.07, 6.45) is 0. The zero-order valence-corrected chi connectivity index (χ0v) is 39.7. The molecule has 0 atom stereocenters. The van der Waals surface area contributed by atoms with E-state index in [1.807, 2.05) is 201 Å². The summed E-state index contributed by atoms with van der Waals surface area (Å²) in [5.41, 5.74) is 5.59. The fraction of sp³-hybridized carbons (Fsp3) is 0.217. The van der Waals surface area contributed by atoms with Gasteiger partial charge in [0.2, 0.25) is 0 Å². The summed E-state index contributed by atoms with van der Waals surface area (Å²) in [7, 11) is -16.7. The molecule has 0 bridgehead atoms. The van der Waals surface area contributed by atoms with Gasteiger partial charge in [-0.2, -0.15) is 0 Å². The first-order chi connectivity index (χ1) is 29.8. The van der Waals surface area contributed by atoms with Crippen LogP contribution in [-0.4, -0.2) is 13.2 Å². The molecule has 0 saturated heterocycles. The van der Waals surface area contributed by atoms with Crippen molar-refractivity contribution in [1.29, 1.82) is 0 Å². The first kappa shape index (κ1) is 45.0. The average Bonchev–Trinajstić information content (AvgIpc) is 3.17. The van der Waals surface area contributed by atoms with E-state index in [9.17, 15) is 0 Å². The lowest BCUT2D eigenvalue weighted by Crippen LogP contribution is -2.10. The van der Waals surface area contributed by atoms with Crippen molar-refractivity contribution in [3.8, 4) is 34.5 Å². The van der Waals surface area contributed by atoms with Crippen molar-refractivity contribution in [3.63, 3.8) is 0 Å². The molecule has 1 aliphatic rings. The van der Waals surface area contributed by atoms with Gasteiger partial charge in [0.25, 0.3) is 0 Å². The van der Waals surface area contributed by atoms with E-state index < -0.39 is 30.6 Å². The van der Waals surface area contributed by atoms with Crippen LogP contribution in [0.5, 0.6) is 34.5 Å². The van der Waals surface area contributed by atoms with Crippen molar-refractivity contribution < 1.29 is 36.2 Å². The van der Waals surface area contributed by atoms with E-state index in [2.05, 4.69) is 0 Å². The molecule has 0 N–H and O–H groups in total. The molecule has 0 radical (unpaired) electrons. The van der Waals surface area contributed by atoms with Crippen molar-refractivity contribution in [2.75, 3.05) is 13.2 Å². The van der Waals surface area contributed by atoms with Crippen molar-refractivity contribution >= 4 is 30.6 Å². The summed E-state index contributed by atoms with van der Waals surface area (Å²) in [6, 6.07) is 45.3. The maximum atomic E-state index is 7.15. The van der Waals surface area contributed by atoms with Crippen molar-refractivity contribution in [2.45, 2.75) is 55.4 Å². The van der Waals surface area contributed by atoms with E-state index in [4.69, 9.17) is 54.3 Å². The number of rotatable bonds is 16. The van der Waals surface area contributed by atoms with Crippen LogP contribution in [0, 0.1) is 41.5 Å². The second-order valence-electron chi connectivity index (χ2n) is 14.6. The molecule has 324 valence electrons. The lowest BCUT2D eigenvalue weighted by atomic mass is 10.2. The summed E-state index contributed by atoms with van der Waals surface area (Å²) in [5, 5.41) is 0. The van der Waals surface area contributed by atoms with Crippen molar-refractivity contribution in [1.82, 2.24) is 0 Å². The molecule has 12 nitrogen and oxygen atoms in total. The van der Waals surface area contributed by atoms with E-state index in [-0.39, 0.29) is 13.2 Å². The average molecular weight is 913 g/mol. The molecule has 0 amide bonds. The molecule has 1 heterocycles. The SMILES string of the molecule is CCOP1(OCC)=NP(Oc2cccc(C)c2)(Oc2cccc(C)c2)=NP(Oc2cccc(C)c2)(Oc2cccc(C)c2)=NP(Oc2cccc(C)c2)(Oc2cccc(C)c2)=N1. The third-order valence-corrected chi connectivity index (χ3v) is 19.9. The largest absolute Gasteiger partial charge is 0.460 e. The highest BCUT2D eigenvalue weighted by Gasteiger charge is 2.48. The topological polar surface area (TPSA) is 123 Å². The van der Waals surface area contributed by atoms with Gasteiger partial charge in [-0.3, -0.25) is 0 Å².